The normalized spacial score (nSPS) is 17.1. The number of carbonyl (C=O) groups excluding carboxylic acids is 1. The van der Waals surface area contributed by atoms with Crippen molar-refractivity contribution < 1.29 is 4.79 Å². The van der Waals surface area contributed by atoms with Crippen LogP contribution < -0.4 is 11.1 Å². The number of rotatable bonds is 4. The second kappa shape index (κ2) is 8.01. The Hall–Kier alpha value is -0.580. The smallest absolute Gasteiger partial charge is 0.234 e. The van der Waals surface area contributed by atoms with E-state index in [1.165, 1.54) is 24.8 Å². The maximum absolute atomic E-state index is 11.7. The standard InChI is InChI=1S/C15H21BrN2O.ClH/c16-13-6-4-12(5-7-13)10-15(18-14(19)11-17)8-2-1-3-9-15;/h4-7H,1-3,8-11,17H2,(H,18,19);1H. The van der Waals surface area contributed by atoms with Gasteiger partial charge < -0.3 is 11.1 Å². The van der Waals surface area contributed by atoms with Crippen LogP contribution in [-0.2, 0) is 11.2 Å². The highest BCUT2D eigenvalue weighted by Gasteiger charge is 2.33. The summed E-state index contributed by atoms with van der Waals surface area (Å²) in [5, 5.41) is 3.17. The second-order valence-corrected chi connectivity index (χ2v) is 6.31. The molecular formula is C15H22BrClN2O. The van der Waals surface area contributed by atoms with Gasteiger partial charge in [0.15, 0.2) is 0 Å². The first-order valence-corrected chi connectivity index (χ1v) is 7.68. The van der Waals surface area contributed by atoms with Gasteiger partial charge in [0.25, 0.3) is 0 Å². The number of nitrogens with two attached hydrogens (primary N) is 1. The van der Waals surface area contributed by atoms with Crippen LogP contribution in [0.2, 0.25) is 0 Å². The first-order chi connectivity index (χ1) is 9.13. The number of halogens is 2. The lowest BCUT2D eigenvalue weighted by molar-refractivity contribution is -0.122. The Labute approximate surface area is 135 Å². The summed E-state index contributed by atoms with van der Waals surface area (Å²) < 4.78 is 1.08. The quantitative estimate of drug-likeness (QED) is 0.865. The molecule has 0 aromatic heterocycles. The molecule has 0 spiro atoms. The molecule has 112 valence electrons. The van der Waals surface area contributed by atoms with Gasteiger partial charge in [0.2, 0.25) is 5.91 Å². The Morgan fingerprint density at radius 1 is 1.20 bits per heavy atom. The lowest BCUT2D eigenvalue weighted by Gasteiger charge is -2.38. The molecule has 1 saturated carbocycles. The SMILES string of the molecule is Cl.NCC(=O)NC1(Cc2ccc(Br)cc2)CCCCC1. The maximum Gasteiger partial charge on any atom is 0.234 e. The molecule has 1 aromatic rings. The molecule has 20 heavy (non-hydrogen) atoms. The van der Waals surface area contributed by atoms with Crippen molar-refractivity contribution in [1.29, 1.82) is 0 Å². The maximum atomic E-state index is 11.7. The molecule has 0 unspecified atom stereocenters. The Bertz CT molecular complexity index is 430. The molecule has 1 aliphatic carbocycles. The fraction of sp³-hybridized carbons (Fsp3) is 0.533. The third kappa shape index (κ3) is 4.76. The van der Waals surface area contributed by atoms with Crippen molar-refractivity contribution in [3.05, 3.63) is 34.3 Å². The van der Waals surface area contributed by atoms with Gasteiger partial charge in [0.05, 0.1) is 6.54 Å². The number of nitrogens with one attached hydrogen (secondary N) is 1. The van der Waals surface area contributed by atoms with Crippen molar-refractivity contribution >= 4 is 34.2 Å². The van der Waals surface area contributed by atoms with E-state index in [1.54, 1.807) is 0 Å². The Kier molecular flexibility index (Phi) is 7.00. The minimum absolute atomic E-state index is 0. The predicted molar refractivity (Wildman–Crippen MR) is 88.1 cm³/mol. The summed E-state index contributed by atoms with van der Waals surface area (Å²) in [7, 11) is 0. The van der Waals surface area contributed by atoms with Gasteiger partial charge in [0, 0.05) is 10.0 Å². The fourth-order valence-electron chi connectivity index (χ4n) is 2.91. The van der Waals surface area contributed by atoms with E-state index in [-0.39, 0.29) is 30.4 Å². The monoisotopic (exact) mass is 360 g/mol. The summed E-state index contributed by atoms with van der Waals surface area (Å²) in [5.41, 5.74) is 6.61. The van der Waals surface area contributed by atoms with Crippen molar-refractivity contribution in [2.45, 2.75) is 44.1 Å². The fourth-order valence-corrected chi connectivity index (χ4v) is 3.18. The molecule has 0 atom stereocenters. The predicted octanol–water partition coefficient (Wildman–Crippen LogP) is 3.19. The molecule has 0 heterocycles. The van der Waals surface area contributed by atoms with Crippen LogP contribution in [0.5, 0.6) is 0 Å². The first-order valence-electron chi connectivity index (χ1n) is 6.89. The average Bonchev–Trinajstić information content (AvgIpc) is 2.42. The Morgan fingerprint density at radius 3 is 2.35 bits per heavy atom. The molecule has 0 aliphatic heterocycles. The molecule has 1 aromatic carbocycles. The first kappa shape index (κ1) is 17.5. The molecule has 1 amide bonds. The van der Waals surface area contributed by atoms with Crippen molar-refractivity contribution in [2.24, 2.45) is 5.73 Å². The zero-order valence-corrected chi connectivity index (χ0v) is 13.9. The third-order valence-corrected chi connectivity index (χ3v) is 4.39. The highest BCUT2D eigenvalue weighted by molar-refractivity contribution is 9.10. The molecule has 0 bridgehead atoms. The van der Waals surface area contributed by atoms with Gasteiger partial charge >= 0.3 is 0 Å². The van der Waals surface area contributed by atoms with E-state index in [2.05, 4.69) is 45.5 Å². The van der Waals surface area contributed by atoms with Crippen molar-refractivity contribution in [3.8, 4) is 0 Å². The van der Waals surface area contributed by atoms with Gasteiger partial charge in [-0.3, -0.25) is 4.79 Å². The summed E-state index contributed by atoms with van der Waals surface area (Å²) in [6, 6.07) is 8.34. The van der Waals surface area contributed by atoms with Gasteiger partial charge in [-0.05, 0) is 37.0 Å². The second-order valence-electron chi connectivity index (χ2n) is 5.40. The van der Waals surface area contributed by atoms with Crippen LogP contribution in [0.3, 0.4) is 0 Å². The summed E-state index contributed by atoms with van der Waals surface area (Å²) in [6.07, 6.45) is 6.62. The van der Waals surface area contributed by atoms with Gasteiger partial charge in [-0.15, -0.1) is 12.4 Å². The highest BCUT2D eigenvalue weighted by Crippen LogP contribution is 2.31. The van der Waals surface area contributed by atoms with E-state index < -0.39 is 0 Å². The summed E-state index contributed by atoms with van der Waals surface area (Å²) in [6.45, 7) is 0.0715. The largest absolute Gasteiger partial charge is 0.349 e. The topological polar surface area (TPSA) is 55.1 Å². The lowest BCUT2D eigenvalue weighted by atomic mass is 9.77. The van der Waals surface area contributed by atoms with E-state index in [0.717, 1.165) is 23.7 Å². The molecule has 1 fully saturated rings. The van der Waals surface area contributed by atoms with Crippen LogP contribution in [0.15, 0.2) is 28.7 Å². The Balaban J connectivity index is 0.00000200. The number of hydrogen-bond donors (Lipinski definition) is 2. The van der Waals surface area contributed by atoms with E-state index in [1.807, 2.05) is 0 Å². The molecular weight excluding hydrogens is 340 g/mol. The summed E-state index contributed by atoms with van der Waals surface area (Å²) >= 11 is 3.45. The Morgan fingerprint density at radius 2 is 1.80 bits per heavy atom. The average molecular weight is 362 g/mol. The van der Waals surface area contributed by atoms with E-state index >= 15 is 0 Å². The molecule has 5 heteroatoms. The number of hydrogen-bond acceptors (Lipinski definition) is 2. The van der Waals surface area contributed by atoms with Crippen molar-refractivity contribution in [3.63, 3.8) is 0 Å². The molecule has 0 radical (unpaired) electrons. The zero-order valence-electron chi connectivity index (χ0n) is 11.5. The molecule has 2 rings (SSSR count). The summed E-state index contributed by atoms with van der Waals surface area (Å²) in [4.78, 5) is 11.7. The molecule has 0 saturated heterocycles. The molecule has 3 nitrogen and oxygen atoms in total. The lowest BCUT2D eigenvalue weighted by Crippen LogP contribution is -2.53. The van der Waals surface area contributed by atoms with Gasteiger partial charge in [-0.1, -0.05) is 47.3 Å². The van der Waals surface area contributed by atoms with Crippen LogP contribution in [0.4, 0.5) is 0 Å². The molecule has 1 aliphatic rings. The third-order valence-electron chi connectivity index (χ3n) is 3.86. The van der Waals surface area contributed by atoms with Gasteiger partial charge in [-0.2, -0.15) is 0 Å². The number of amides is 1. The van der Waals surface area contributed by atoms with E-state index in [4.69, 9.17) is 5.73 Å². The van der Waals surface area contributed by atoms with Gasteiger partial charge in [-0.25, -0.2) is 0 Å². The minimum atomic E-state index is -0.0947. The molecule has 3 N–H and O–H groups in total. The van der Waals surface area contributed by atoms with E-state index in [9.17, 15) is 4.79 Å². The number of benzene rings is 1. The minimum Gasteiger partial charge on any atom is -0.349 e. The van der Waals surface area contributed by atoms with Crippen molar-refractivity contribution in [1.82, 2.24) is 5.32 Å². The van der Waals surface area contributed by atoms with Crippen LogP contribution >= 0.6 is 28.3 Å². The number of carbonyl (C=O) groups is 1. The van der Waals surface area contributed by atoms with Crippen LogP contribution in [0.25, 0.3) is 0 Å². The van der Waals surface area contributed by atoms with Crippen molar-refractivity contribution in [2.75, 3.05) is 6.54 Å². The van der Waals surface area contributed by atoms with Gasteiger partial charge in [0.1, 0.15) is 0 Å². The van der Waals surface area contributed by atoms with Crippen LogP contribution in [0, 0.1) is 0 Å². The highest BCUT2D eigenvalue weighted by atomic mass is 79.9. The zero-order chi connectivity index (χ0) is 13.7. The van der Waals surface area contributed by atoms with E-state index in [0.29, 0.717) is 0 Å². The van der Waals surface area contributed by atoms with Crippen LogP contribution in [-0.4, -0.2) is 18.0 Å². The summed E-state index contributed by atoms with van der Waals surface area (Å²) in [5.74, 6) is -0.0426. The van der Waals surface area contributed by atoms with Crippen LogP contribution in [0.1, 0.15) is 37.7 Å².